The molecule has 4 radical (unpaired) electrons. The summed E-state index contributed by atoms with van der Waals surface area (Å²) in [5.41, 5.74) is 0. The van der Waals surface area contributed by atoms with Crippen LogP contribution in [0.2, 0.25) is 0 Å². The van der Waals surface area contributed by atoms with Crippen LogP contribution in [-0.4, -0.2) is 127 Å². The second-order valence-corrected chi connectivity index (χ2v) is 3.00. The third kappa shape index (κ3) is 8.03. The summed E-state index contributed by atoms with van der Waals surface area (Å²) in [5, 5.41) is 61.5. The van der Waals surface area contributed by atoms with Gasteiger partial charge in [0.25, 0.3) is 0 Å². The van der Waals surface area contributed by atoms with E-state index in [4.69, 9.17) is 35.7 Å². The summed E-state index contributed by atoms with van der Waals surface area (Å²) in [4.78, 5) is 10.2. The van der Waals surface area contributed by atoms with E-state index in [1.54, 1.807) is 0 Å². The second-order valence-electron chi connectivity index (χ2n) is 3.00. The van der Waals surface area contributed by atoms with Crippen molar-refractivity contribution in [3.8, 4) is 0 Å². The Bertz CT molecular complexity index is 222. The first-order valence-corrected chi connectivity index (χ1v) is 4.07. The Morgan fingerprint density at radius 2 is 1.28 bits per heavy atom. The first-order valence-electron chi connectivity index (χ1n) is 4.07. The first kappa shape index (κ1) is 27.2. The van der Waals surface area contributed by atoms with E-state index in [-0.39, 0.29) is 52.5 Å². The molecule has 0 spiro atoms. The van der Waals surface area contributed by atoms with Crippen molar-refractivity contribution in [2.75, 3.05) is 6.61 Å². The molecule has 0 aliphatic rings. The molecule has 18 heavy (non-hydrogen) atoms. The van der Waals surface area contributed by atoms with Crippen LogP contribution in [0.1, 0.15) is 0 Å². The van der Waals surface area contributed by atoms with Crippen molar-refractivity contribution in [3.63, 3.8) is 0 Å². The zero-order valence-corrected chi connectivity index (χ0v) is 17.5. The molecule has 0 saturated heterocycles. The number of aliphatic hydroxyl groups excluding tert-OH is 6. The zero-order valence-electron chi connectivity index (χ0n) is 9.46. The molecule has 11 heteroatoms. The van der Waals surface area contributed by atoms with Crippen LogP contribution in [-0.2, 0) is 4.79 Å². The van der Waals surface area contributed by atoms with Gasteiger partial charge in [0.05, 0.1) is 6.61 Å². The van der Waals surface area contributed by atoms with Gasteiger partial charge in [-0.25, -0.2) is 4.79 Å². The van der Waals surface area contributed by atoms with E-state index in [1.165, 1.54) is 0 Å². The van der Waals surface area contributed by atoms with Gasteiger partial charge in [-0.15, -0.1) is 0 Å². The summed E-state index contributed by atoms with van der Waals surface area (Å²) in [6.45, 7) is -0.881. The van der Waals surface area contributed by atoms with Crippen molar-refractivity contribution >= 4 is 53.8 Å². The third-order valence-electron chi connectivity index (χ3n) is 1.86. The molecule has 0 aliphatic heterocycles. The van der Waals surface area contributed by atoms with Gasteiger partial charge in [0, 0.05) is 0 Å². The predicted octanol–water partition coefficient (Wildman–Crippen LogP) is -5.81. The summed E-state index contributed by atoms with van der Waals surface area (Å²) < 4.78 is 0. The Balaban J connectivity index is -0.000000327. The van der Waals surface area contributed by atoms with Gasteiger partial charge >= 0.3 is 53.8 Å². The molecule has 0 saturated carbocycles. The minimum absolute atomic E-state index is 0. The average molecular weight is 488 g/mol. The number of rotatable bonds is 6. The molecule has 0 aromatic rings. The summed E-state index contributed by atoms with van der Waals surface area (Å²) in [6, 6.07) is 0. The van der Waals surface area contributed by atoms with E-state index < -0.39 is 43.1 Å². The van der Waals surface area contributed by atoms with Gasteiger partial charge in [-0.1, -0.05) is 0 Å². The number of halogens is 1. The van der Waals surface area contributed by atoms with Crippen molar-refractivity contribution in [1.82, 2.24) is 0 Å². The fraction of sp³-hybridized carbons (Fsp3) is 0.857. The van der Waals surface area contributed by atoms with Gasteiger partial charge in [-0.05, 0) is 0 Å². The van der Waals surface area contributed by atoms with Crippen LogP contribution in [0.25, 0.3) is 0 Å². The Hall–Kier alpha value is 0.757. The summed E-state index contributed by atoms with van der Waals surface area (Å²) >= 11 is 0. The van der Waals surface area contributed by atoms with Crippen molar-refractivity contribution in [2.45, 2.75) is 30.5 Å². The van der Waals surface area contributed by atoms with Crippen LogP contribution in [0.3, 0.4) is 0 Å². The van der Waals surface area contributed by atoms with E-state index >= 15 is 0 Å². The molecule has 8 nitrogen and oxygen atoms in total. The van der Waals surface area contributed by atoms with Gasteiger partial charge in [0.2, 0.25) is 0 Å². The Kier molecular flexibility index (Phi) is 19.3. The molecule has 0 rings (SSSR count). The summed E-state index contributed by atoms with van der Waals surface area (Å²) in [7, 11) is 0. The van der Waals surface area contributed by atoms with Crippen molar-refractivity contribution in [3.05, 3.63) is 0 Å². The maximum atomic E-state index is 10.2. The molecule has 7 N–H and O–H groups in total. The number of carboxylic acids is 1. The zero-order chi connectivity index (χ0) is 12.2. The number of carbonyl (C=O) groups is 1. The van der Waals surface area contributed by atoms with Crippen LogP contribution >= 0.6 is 0 Å². The number of aliphatic hydroxyl groups is 6. The molecular formula is C7H19FO8Sn2. The van der Waals surface area contributed by atoms with Gasteiger partial charge < -0.3 is 35.7 Å². The summed E-state index contributed by atoms with van der Waals surface area (Å²) in [6.07, 6.45) is -10.2. The van der Waals surface area contributed by atoms with Crippen molar-refractivity contribution in [2.24, 2.45) is 0 Å². The Morgan fingerprint density at radius 3 is 1.56 bits per heavy atom. The number of carboxylic acid groups (broad SMARTS) is 1. The number of hydrogen-bond donors (Lipinski definition) is 7. The Morgan fingerprint density at radius 1 is 0.889 bits per heavy atom. The molecule has 0 amide bonds. The van der Waals surface area contributed by atoms with Gasteiger partial charge in [-0.2, -0.15) is 0 Å². The van der Waals surface area contributed by atoms with Crippen LogP contribution in [0.15, 0.2) is 0 Å². The molecular weight excluding hydrogens is 468 g/mol. The fourth-order valence-corrected chi connectivity index (χ4v) is 0.870. The maximum absolute atomic E-state index is 10.2. The molecule has 0 aliphatic carbocycles. The average Bonchev–Trinajstić information content (AvgIpc) is 2.23. The van der Waals surface area contributed by atoms with E-state index in [9.17, 15) is 4.79 Å². The molecule has 0 heterocycles. The summed E-state index contributed by atoms with van der Waals surface area (Å²) in [5.74, 6) is -1.78. The monoisotopic (exact) mass is 490 g/mol. The molecule has 5 atom stereocenters. The van der Waals surface area contributed by atoms with E-state index in [0.717, 1.165) is 0 Å². The SMILES string of the molecule is F.O=C(O)[C@H](O)[C@@H](O)[C@H](O)[C@H](O)C(O)CO.[SnH2].[SnH2]. The van der Waals surface area contributed by atoms with Crippen LogP contribution in [0.4, 0.5) is 4.70 Å². The van der Waals surface area contributed by atoms with Gasteiger partial charge in [-0.3, -0.25) is 4.70 Å². The minimum atomic E-state index is -2.29. The molecule has 1 unspecified atom stereocenters. The Labute approximate surface area is 136 Å². The molecule has 110 valence electrons. The number of aliphatic carboxylic acids is 1. The molecule has 0 aromatic heterocycles. The topological polar surface area (TPSA) is 159 Å². The molecule has 0 fully saturated rings. The quantitative estimate of drug-likeness (QED) is 0.183. The normalized spacial score (nSPS) is 17.9. The molecule has 0 aromatic carbocycles. The predicted molar refractivity (Wildman–Crippen MR) is 64.3 cm³/mol. The third-order valence-corrected chi connectivity index (χ3v) is 1.86. The van der Waals surface area contributed by atoms with Crippen LogP contribution < -0.4 is 0 Å². The molecule has 0 bridgehead atoms. The van der Waals surface area contributed by atoms with Gasteiger partial charge in [0.1, 0.15) is 24.4 Å². The van der Waals surface area contributed by atoms with Gasteiger partial charge in [0.15, 0.2) is 6.10 Å². The van der Waals surface area contributed by atoms with Crippen molar-refractivity contribution in [1.29, 1.82) is 0 Å². The van der Waals surface area contributed by atoms with Crippen LogP contribution in [0, 0.1) is 0 Å². The van der Waals surface area contributed by atoms with E-state index in [0.29, 0.717) is 0 Å². The van der Waals surface area contributed by atoms with Crippen LogP contribution in [0.5, 0.6) is 0 Å². The number of hydrogen-bond acceptors (Lipinski definition) is 7. The second kappa shape index (κ2) is 12.8. The standard InChI is InChI=1S/C7H14O8.FH.2Sn.4H/c8-1-2(9)3(10)4(11)5(12)6(13)7(14)15;;;;;;;/h2-6,8-13H,1H2,(H,14,15);1H;;;;;;/t2?,3-,4-,5+,6-;;;;;;;/m1......./s1. The van der Waals surface area contributed by atoms with E-state index in [1.807, 2.05) is 0 Å². The van der Waals surface area contributed by atoms with Crippen molar-refractivity contribution < 1.29 is 45.2 Å². The first-order chi connectivity index (χ1) is 6.82. The van der Waals surface area contributed by atoms with E-state index in [2.05, 4.69) is 0 Å². The fourth-order valence-electron chi connectivity index (χ4n) is 0.870.